The maximum absolute atomic E-state index is 11.8. The van der Waals surface area contributed by atoms with E-state index >= 15 is 0 Å². The first-order valence-corrected chi connectivity index (χ1v) is 6.99. The van der Waals surface area contributed by atoms with Gasteiger partial charge in [-0.2, -0.15) is 0 Å². The lowest BCUT2D eigenvalue weighted by atomic mass is 10.3. The molecule has 0 fully saturated rings. The van der Waals surface area contributed by atoms with Gasteiger partial charge >= 0.3 is 0 Å². The lowest BCUT2D eigenvalue weighted by Gasteiger charge is -2.11. The molecule has 21 heavy (non-hydrogen) atoms. The number of benzene rings is 2. The smallest absolute Gasteiger partial charge is 0.243 e. The van der Waals surface area contributed by atoms with Crippen molar-refractivity contribution >= 4 is 17.3 Å². The molecule has 110 valence electrons. The highest BCUT2D eigenvalue weighted by atomic mass is 16.5. The summed E-state index contributed by atoms with van der Waals surface area (Å²) in [6.07, 6.45) is 0.153. The van der Waals surface area contributed by atoms with Crippen LogP contribution in [0.15, 0.2) is 54.6 Å². The van der Waals surface area contributed by atoms with Crippen LogP contribution < -0.4 is 15.4 Å². The van der Waals surface area contributed by atoms with Crippen molar-refractivity contribution in [3.05, 3.63) is 54.6 Å². The molecule has 0 aromatic heterocycles. The van der Waals surface area contributed by atoms with E-state index in [1.807, 2.05) is 68.4 Å². The van der Waals surface area contributed by atoms with Crippen LogP contribution >= 0.6 is 0 Å². The molecule has 0 aliphatic rings. The minimum absolute atomic E-state index is 0.0799. The van der Waals surface area contributed by atoms with E-state index in [-0.39, 0.29) is 18.6 Å². The molecule has 0 atom stereocenters. The molecule has 0 saturated heterocycles. The maximum atomic E-state index is 11.8. The highest BCUT2D eigenvalue weighted by Crippen LogP contribution is 2.16. The standard InChI is InChI=1S/C17H20N2O2/c1-13(2)21-16-10-8-14(9-11-16)18-12-17(20)19-15-6-4-3-5-7-15/h3-11,13,18H,12H2,1-2H3,(H,19,20). The quantitative estimate of drug-likeness (QED) is 0.853. The molecule has 2 aromatic rings. The summed E-state index contributed by atoms with van der Waals surface area (Å²) >= 11 is 0. The minimum Gasteiger partial charge on any atom is -0.491 e. The van der Waals surface area contributed by atoms with Gasteiger partial charge in [0, 0.05) is 11.4 Å². The fourth-order valence-corrected chi connectivity index (χ4v) is 1.83. The number of para-hydroxylation sites is 1. The van der Waals surface area contributed by atoms with Gasteiger partial charge in [-0.25, -0.2) is 0 Å². The van der Waals surface area contributed by atoms with Crippen LogP contribution in [0, 0.1) is 0 Å². The van der Waals surface area contributed by atoms with Crippen molar-refractivity contribution in [2.75, 3.05) is 17.2 Å². The fourth-order valence-electron chi connectivity index (χ4n) is 1.83. The van der Waals surface area contributed by atoms with Crippen LogP contribution in [0.3, 0.4) is 0 Å². The van der Waals surface area contributed by atoms with Gasteiger partial charge in [-0.3, -0.25) is 4.79 Å². The summed E-state index contributed by atoms with van der Waals surface area (Å²) in [4.78, 5) is 11.8. The van der Waals surface area contributed by atoms with Gasteiger partial charge in [0.2, 0.25) is 5.91 Å². The maximum Gasteiger partial charge on any atom is 0.243 e. The molecule has 2 rings (SSSR count). The Morgan fingerprint density at radius 2 is 1.67 bits per heavy atom. The predicted octanol–water partition coefficient (Wildman–Crippen LogP) is 3.52. The van der Waals surface area contributed by atoms with E-state index in [2.05, 4.69) is 10.6 Å². The van der Waals surface area contributed by atoms with E-state index in [1.54, 1.807) is 0 Å². The van der Waals surface area contributed by atoms with Gasteiger partial charge in [0.25, 0.3) is 0 Å². The van der Waals surface area contributed by atoms with Gasteiger partial charge in [-0.05, 0) is 50.2 Å². The molecule has 0 bridgehead atoms. The van der Waals surface area contributed by atoms with Crippen molar-refractivity contribution in [1.82, 2.24) is 0 Å². The third kappa shape index (κ3) is 5.18. The molecule has 4 heteroatoms. The van der Waals surface area contributed by atoms with Gasteiger partial charge in [0.15, 0.2) is 0 Å². The molecule has 0 spiro atoms. The summed E-state index contributed by atoms with van der Waals surface area (Å²) in [5.41, 5.74) is 1.68. The van der Waals surface area contributed by atoms with Crippen molar-refractivity contribution in [2.45, 2.75) is 20.0 Å². The zero-order chi connectivity index (χ0) is 15.1. The van der Waals surface area contributed by atoms with Gasteiger partial charge < -0.3 is 15.4 Å². The predicted molar refractivity (Wildman–Crippen MR) is 85.8 cm³/mol. The Kier molecular flexibility index (Phi) is 5.21. The zero-order valence-electron chi connectivity index (χ0n) is 12.3. The second kappa shape index (κ2) is 7.33. The number of amides is 1. The topological polar surface area (TPSA) is 50.4 Å². The highest BCUT2D eigenvalue weighted by Gasteiger charge is 2.02. The lowest BCUT2D eigenvalue weighted by Crippen LogP contribution is -2.21. The summed E-state index contributed by atoms with van der Waals surface area (Å²) in [7, 11) is 0. The number of anilines is 2. The normalized spacial score (nSPS) is 10.2. The van der Waals surface area contributed by atoms with Crippen LogP contribution in [-0.2, 0) is 4.79 Å². The number of carbonyl (C=O) groups is 1. The Bertz CT molecular complexity index is 565. The molecule has 2 N–H and O–H groups in total. The molecule has 0 aliphatic heterocycles. The second-order valence-electron chi connectivity index (χ2n) is 4.96. The molecule has 0 unspecified atom stereocenters. The highest BCUT2D eigenvalue weighted by molar-refractivity contribution is 5.93. The first kappa shape index (κ1) is 14.9. The van der Waals surface area contributed by atoms with E-state index < -0.39 is 0 Å². The van der Waals surface area contributed by atoms with Crippen LogP contribution in [0.4, 0.5) is 11.4 Å². The van der Waals surface area contributed by atoms with Crippen LogP contribution in [-0.4, -0.2) is 18.6 Å². The largest absolute Gasteiger partial charge is 0.491 e. The first-order chi connectivity index (χ1) is 10.1. The van der Waals surface area contributed by atoms with Crippen LogP contribution in [0.1, 0.15) is 13.8 Å². The zero-order valence-corrected chi connectivity index (χ0v) is 12.3. The Labute approximate surface area is 125 Å². The van der Waals surface area contributed by atoms with Gasteiger partial charge in [0.1, 0.15) is 5.75 Å². The van der Waals surface area contributed by atoms with Crippen molar-refractivity contribution < 1.29 is 9.53 Å². The van der Waals surface area contributed by atoms with Crippen molar-refractivity contribution in [3.8, 4) is 5.75 Å². The molecule has 2 aromatic carbocycles. The number of hydrogen-bond acceptors (Lipinski definition) is 3. The lowest BCUT2D eigenvalue weighted by molar-refractivity contribution is -0.114. The third-order valence-electron chi connectivity index (χ3n) is 2.74. The molecule has 0 aliphatic carbocycles. The summed E-state index contributed by atoms with van der Waals surface area (Å²) in [6, 6.07) is 17.0. The number of carbonyl (C=O) groups excluding carboxylic acids is 1. The van der Waals surface area contributed by atoms with Crippen LogP contribution in [0.25, 0.3) is 0 Å². The first-order valence-electron chi connectivity index (χ1n) is 6.99. The van der Waals surface area contributed by atoms with Gasteiger partial charge in [0.05, 0.1) is 12.6 Å². The Hall–Kier alpha value is -2.49. The number of rotatable bonds is 6. The summed E-state index contributed by atoms with van der Waals surface area (Å²) in [5.74, 6) is 0.744. The van der Waals surface area contributed by atoms with Gasteiger partial charge in [-0.1, -0.05) is 18.2 Å². The molecule has 0 radical (unpaired) electrons. The summed E-state index contributed by atoms with van der Waals surface area (Å²) < 4.78 is 5.57. The van der Waals surface area contributed by atoms with E-state index in [4.69, 9.17) is 4.74 Å². The van der Waals surface area contributed by atoms with E-state index in [0.29, 0.717) is 0 Å². The molecular formula is C17H20N2O2. The van der Waals surface area contributed by atoms with Crippen molar-refractivity contribution in [1.29, 1.82) is 0 Å². The monoisotopic (exact) mass is 284 g/mol. The summed E-state index contributed by atoms with van der Waals surface area (Å²) in [5, 5.41) is 5.90. The molecular weight excluding hydrogens is 264 g/mol. The third-order valence-corrected chi connectivity index (χ3v) is 2.74. The SMILES string of the molecule is CC(C)Oc1ccc(NCC(=O)Nc2ccccc2)cc1. The molecule has 4 nitrogen and oxygen atoms in total. The van der Waals surface area contributed by atoms with Crippen molar-refractivity contribution in [3.63, 3.8) is 0 Å². The number of nitrogens with one attached hydrogen (secondary N) is 2. The fraction of sp³-hybridized carbons (Fsp3) is 0.235. The van der Waals surface area contributed by atoms with Crippen LogP contribution in [0.5, 0.6) is 5.75 Å². The second-order valence-corrected chi connectivity index (χ2v) is 4.96. The average Bonchev–Trinajstić information content (AvgIpc) is 2.47. The Balaban J connectivity index is 1.81. The number of hydrogen-bond donors (Lipinski definition) is 2. The van der Waals surface area contributed by atoms with E-state index in [0.717, 1.165) is 17.1 Å². The van der Waals surface area contributed by atoms with E-state index in [9.17, 15) is 4.79 Å². The molecule has 1 amide bonds. The number of ether oxygens (including phenoxy) is 1. The minimum atomic E-state index is -0.0799. The average molecular weight is 284 g/mol. The van der Waals surface area contributed by atoms with Gasteiger partial charge in [-0.15, -0.1) is 0 Å². The molecule has 0 saturated carbocycles. The Morgan fingerprint density at radius 1 is 1.00 bits per heavy atom. The van der Waals surface area contributed by atoms with Crippen LogP contribution in [0.2, 0.25) is 0 Å². The van der Waals surface area contributed by atoms with E-state index in [1.165, 1.54) is 0 Å². The Morgan fingerprint density at radius 3 is 2.29 bits per heavy atom. The van der Waals surface area contributed by atoms with Crippen molar-refractivity contribution in [2.24, 2.45) is 0 Å². The summed E-state index contributed by atoms with van der Waals surface area (Å²) in [6.45, 7) is 4.19. The molecule has 0 heterocycles.